The summed E-state index contributed by atoms with van der Waals surface area (Å²) >= 11 is 0. The maximum absolute atomic E-state index is 12.1. The number of Topliss-reactive ketones (excluding diaryl/α,β-unsaturated/α-hetero) is 1. The Hall–Kier alpha value is -3.22. The molecule has 0 unspecified atom stereocenters. The first-order valence-corrected chi connectivity index (χ1v) is 8.27. The SMILES string of the molecule is COc1ccc(CNC(=O)COc2ccc(C(C)=O)cc2OC)cc1OC. The molecule has 0 radical (unpaired) electrons. The second kappa shape index (κ2) is 9.47. The number of ketones is 1. The van der Waals surface area contributed by atoms with Gasteiger partial charge in [0.15, 0.2) is 35.4 Å². The predicted octanol–water partition coefficient (Wildman–Crippen LogP) is 2.61. The van der Waals surface area contributed by atoms with Crippen molar-refractivity contribution in [3.05, 3.63) is 47.5 Å². The van der Waals surface area contributed by atoms with Crippen molar-refractivity contribution in [3.63, 3.8) is 0 Å². The quantitative estimate of drug-likeness (QED) is 0.681. The Morgan fingerprint density at radius 1 is 0.852 bits per heavy atom. The van der Waals surface area contributed by atoms with Crippen LogP contribution in [0.15, 0.2) is 36.4 Å². The van der Waals surface area contributed by atoms with E-state index >= 15 is 0 Å². The number of carbonyl (C=O) groups is 2. The minimum Gasteiger partial charge on any atom is -0.493 e. The van der Waals surface area contributed by atoms with Crippen molar-refractivity contribution in [1.82, 2.24) is 5.32 Å². The Labute approximate surface area is 158 Å². The van der Waals surface area contributed by atoms with Crippen LogP contribution in [0.1, 0.15) is 22.8 Å². The van der Waals surface area contributed by atoms with E-state index in [0.717, 1.165) is 5.56 Å². The van der Waals surface area contributed by atoms with Gasteiger partial charge in [0.2, 0.25) is 0 Å². The Kier molecular flexibility index (Phi) is 7.05. The zero-order valence-electron chi connectivity index (χ0n) is 15.8. The molecule has 1 amide bonds. The van der Waals surface area contributed by atoms with Crippen molar-refractivity contribution in [1.29, 1.82) is 0 Å². The zero-order chi connectivity index (χ0) is 19.8. The molecule has 7 heteroatoms. The van der Waals surface area contributed by atoms with Gasteiger partial charge < -0.3 is 24.3 Å². The summed E-state index contributed by atoms with van der Waals surface area (Å²) in [5.74, 6) is 1.64. The van der Waals surface area contributed by atoms with Crippen LogP contribution in [0, 0.1) is 0 Å². The third-order valence-corrected chi connectivity index (χ3v) is 3.87. The van der Waals surface area contributed by atoms with Gasteiger partial charge in [-0.25, -0.2) is 0 Å². The first kappa shape index (κ1) is 20.1. The second-order valence-corrected chi connectivity index (χ2v) is 5.68. The standard InChI is InChI=1S/C20H23NO6/c1-13(22)15-6-8-17(19(10-15)26-4)27-12-20(23)21-11-14-5-7-16(24-2)18(9-14)25-3/h5-10H,11-12H2,1-4H3,(H,21,23). The van der Waals surface area contributed by atoms with Crippen molar-refractivity contribution in [2.75, 3.05) is 27.9 Å². The summed E-state index contributed by atoms with van der Waals surface area (Å²) in [6.07, 6.45) is 0. The number of benzene rings is 2. The molecular weight excluding hydrogens is 350 g/mol. The van der Waals surface area contributed by atoms with Crippen molar-refractivity contribution >= 4 is 11.7 Å². The number of ether oxygens (including phenoxy) is 4. The molecule has 144 valence electrons. The summed E-state index contributed by atoms with van der Waals surface area (Å²) in [7, 11) is 4.59. The van der Waals surface area contributed by atoms with Crippen molar-refractivity contribution in [2.45, 2.75) is 13.5 Å². The molecule has 0 fully saturated rings. The number of rotatable bonds is 9. The number of hydrogen-bond donors (Lipinski definition) is 1. The van der Waals surface area contributed by atoms with Crippen molar-refractivity contribution < 1.29 is 28.5 Å². The first-order valence-electron chi connectivity index (χ1n) is 8.27. The van der Waals surface area contributed by atoms with Crippen LogP contribution in [0.25, 0.3) is 0 Å². The van der Waals surface area contributed by atoms with E-state index in [1.165, 1.54) is 14.0 Å². The summed E-state index contributed by atoms with van der Waals surface area (Å²) in [4.78, 5) is 23.5. The van der Waals surface area contributed by atoms with Crippen molar-refractivity contribution in [3.8, 4) is 23.0 Å². The fourth-order valence-electron chi connectivity index (χ4n) is 2.39. The molecule has 2 aromatic carbocycles. The van der Waals surface area contributed by atoms with E-state index in [1.54, 1.807) is 44.6 Å². The molecular formula is C20H23NO6. The van der Waals surface area contributed by atoms with Crippen LogP contribution >= 0.6 is 0 Å². The molecule has 1 N–H and O–H groups in total. The molecule has 0 aromatic heterocycles. The van der Waals surface area contributed by atoms with Crippen LogP contribution in [-0.2, 0) is 11.3 Å². The minimum atomic E-state index is -0.289. The largest absolute Gasteiger partial charge is 0.493 e. The van der Waals surface area contributed by atoms with Gasteiger partial charge in [0.1, 0.15) is 0 Å². The fraction of sp³-hybridized carbons (Fsp3) is 0.300. The molecule has 0 saturated carbocycles. The zero-order valence-corrected chi connectivity index (χ0v) is 15.8. The van der Waals surface area contributed by atoms with Gasteiger partial charge in [-0.2, -0.15) is 0 Å². The lowest BCUT2D eigenvalue weighted by Crippen LogP contribution is -2.28. The smallest absolute Gasteiger partial charge is 0.258 e. The third kappa shape index (κ3) is 5.37. The maximum Gasteiger partial charge on any atom is 0.258 e. The minimum absolute atomic E-state index is 0.0764. The number of carbonyl (C=O) groups excluding carboxylic acids is 2. The Bertz CT molecular complexity index is 818. The van der Waals surface area contributed by atoms with E-state index in [9.17, 15) is 9.59 Å². The van der Waals surface area contributed by atoms with Gasteiger partial charge in [-0.05, 0) is 42.8 Å². The average Bonchev–Trinajstić information content (AvgIpc) is 2.69. The summed E-state index contributed by atoms with van der Waals surface area (Å²) in [6, 6.07) is 10.2. The van der Waals surface area contributed by atoms with E-state index in [1.807, 2.05) is 6.07 Å². The number of hydrogen-bond acceptors (Lipinski definition) is 6. The number of amides is 1. The lowest BCUT2D eigenvalue weighted by atomic mass is 10.1. The molecule has 0 atom stereocenters. The Balaban J connectivity index is 1.92. The lowest BCUT2D eigenvalue weighted by molar-refractivity contribution is -0.123. The highest BCUT2D eigenvalue weighted by Gasteiger charge is 2.11. The summed E-state index contributed by atoms with van der Waals surface area (Å²) in [5.41, 5.74) is 1.38. The topological polar surface area (TPSA) is 83.1 Å². The lowest BCUT2D eigenvalue weighted by Gasteiger charge is -2.12. The molecule has 0 saturated heterocycles. The number of methoxy groups -OCH3 is 3. The third-order valence-electron chi connectivity index (χ3n) is 3.87. The van der Waals surface area contributed by atoms with Crippen LogP contribution in [0.5, 0.6) is 23.0 Å². The second-order valence-electron chi connectivity index (χ2n) is 5.68. The monoisotopic (exact) mass is 373 g/mol. The highest BCUT2D eigenvalue weighted by atomic mass is 16.5. The van der Waals surface area contributed by atoms with Crippen LogP contribution in [0.2, 0.25) is 0 Å². The highest BCUT2D eigenvalue weighted by Crippen LogP contribution is 2.29. The van der Waals surface area contributed by atoms with Gasteiger partial charge in [-0.3, -0.25) is 9.59 Å². The molecule has 0 aliphatic rings. The van der Waals surface area contributed by atoms with Gasteiger partial charge in [-0.15, -0.1) is 0 Å². The highest BCUT2D eigenvalue weighted by molar-refractivity contribution is 5.94. The fourth-order valence-corrected chi connectivity index (χ4v) is 2.39. The van der Waals surface area contributed by atoms with E-state index in [0.29, 0.717) is 35.1 Å². The molecule has 2 rings (SSSR count). The van der Waals surface area contributed by atoms with Gasteiger partial charge >= 0.3 is 0 Å². The van der Waals surface area contributed by atoms with Gasteiger partial charge in [0, 0.05) is 12.1 Å². The van der Waals surface area contributed by atoms with Crippen LogP contribution in [0.4, 0.5) is 0 Å². The van der Waals surface area contributed by atoms with Crippen LogP contribution in [-0.4, -0.2) is 39.6 Å². The first-order chi connectivity index (χ1) is 13.0. The van der Waals surface area contributed by atoms with Gasteiger partial charge in [-0.1, -0.05) is 6.07 Å². The summed E-state index contributed by atoms with van der Waals surface area (Å²) in [5, 5.41) is 2.77. The van der Waals surface area contributed by atoms with E-state index in [2.05, 4.69) is 5.32 Å². The molecule has 0 bridgehead atoms. The molecule has 7 nitrogen and oxygen atoms in total. The Morgan fingerprint density at radius 3 is 2.11 bits per heavy atom. The maximum atomic E-state index is 12.1. The average molecular weight is 373 g/mol. The Morgan fingerprint density at radius 2 is 1.48 bits per heavy atom. The van der Waals surface area contributed by atoms with E-state index in [-0.39, 0.29) is 18.3 Å². The summed E-state index contributed by atoms with van der Waals surface area (Å²) in [6.45, 7) is 1.61. The van der Waals surface area contributed by atoms with E-state index < -0.39 is 0 Å². The van der Waals surface area contributed by atoms with Crippen LogP contribution < -0.4 is 24.3 Å². The van der Waals surface area contributed by atoms with Crippen molar-refractivity contribution in [2.24, 2.45) is 0 Å². The molecule has 0 spiro atoms. The normalized spacial score (nSPS) is 10.1. The van der Waals surface area contributed by atoms with E-state index in [4.69, 9.17) is 18.9 Å². The molecule has 0 aliphatic carbocycles. The molecule has 0 aliphatic heterocycles. The molecule has 0 heterocycles. The summed E-state index contributed by atoms with van der Waals surface area (Å²) < 4.78 is 21.1. The predicted molar refractivity (Wildman–Crippen MR) is 99.9 cm³/mol. The number of nitrogens with one attached hydrogen (secondary N) is 1. The molecule has 2 aromatic rings. The van der Waals surface area contributed by atoms with Gasteiger partial charge in [0.05, 0.1) is 21.3 Å². The molecule has 27 heavy (non-hydrogen) atoms. The van der Waals surface area contributed by atoms with Gasteiger partial charge in [0.25, 0.3) is 5.91 Å². The van der Waals surface area contributed by atoms with Crippen LogP contribution in [0.3, 0.4) is 0 Å².